The lowest BCUT2D eigenvalue weighted by molar-refractivity contribution is 0.182. The summed E-state index contributed by atoms with van der Waals surface area (Å²) in [5.74, 6) is 0.149. The van der Waals surface area contributed by atoms with Gasteiger partial charge in [0.2, 0.25) is 10.0 Å². The Bertz CT molecular complexity index is 428. The molecule has 1 unspecified atom stereocenters. The topological polar surface area (TPSA) is 66.4 Å². The zero-order valence-corrected chi connectivity index (χ0v) is 10.9. The first-order chi connectivity index (χ1) is 7.91. The summed E-state index contributed by atoms with van der Waals surface area (Å²) in [5.41, 5.74) is 0.708. The number of sulfonamides is 1. The van der Waals surface area contributed by atoms with Crippen molar-refractivity contribution in [1.29, 1.82) is 0 Å². The van der Waals surface area contributed by atoms with E-state index in [-0.39, 0.29) is 18.2 Å². The number of hydrogen-bond donors (Lipinski definition) is 2. The summed E-state index contributed by atoms with van der Waals surface area (Å²) < 4.78 is 25.5. The minimum atomic E-state index is -3.29. The van der Waals surface area contributed by atoms with E-state index in [1.165, 1.54) is 0 Å². The number of aliphatic hydroxyl groups excluding tert-OH is 1. The molecule has 2 N–H and O–H groups in total. The molecule has 4 nitrogen and oxygen atoms in total. The van der Waals surface area contributed by atoms with Gasteiger partial charge >= 0.3 is 0 Å². The Morgan fingerprint density at radius 1 is 1.24 bits per heavy atom. The first-order valence-corrected chi connectivity index (χ1v) is 7.26. The highest BCUT2D eigenvalue weighted by atomic mass is 32.2. The van der Waals surface area contributed by atoms with Crippen LogP contribution in [0.15, 0.2) is 30.3 Å². The van der Waals surface area contributed by atoms with Gasteiger partial charge in [-0.25, -0.2) is 13.1 Å². The van der Waals surface area contributed by atoms with Crippen LogP contribution in [-0.2, 0) is 10.0 Å². The summed E-state index contributed by atoms with van der Waals surface area (Å²) in [6.45, 7) is 3.69. The fraction of sp³-hybridized carbons (Fsp3) is 0.500. The zero-order valence-electron chi connectivity index (χ0n) is 10.1. The molecule has 96 valence electrons. The molecule has 0 bridgehead atoms. The Morgan fingerprint density at radius 2 is 1.82 bits per heavy atom. The molecule has 0 amide bonds. The van der Waals surface area contributed by atoms with Crippen molar-refractivity contribution in [3.05, 3.63) is 35.9 Å². The molecule has 1 aromatic rings. The predicted molar refractivity (Wildman–Crippen MR) is 68.0 cm³/mol. The van der Waals surface area contributed by atoms with E-state index in [1.54, 1.807) is 24.3 Å². The number of aliphatic hydroxyl groups is 1. The van der Waals surface area contributed by atoms with Crippen molar-refractivity contribution in [1.82, 2.24) is 4.72 Å². The lowest BCUT2D eigenvalue weighted by atomic mass is 10.1. The lowest BCUT2D eigenvalue weighted by Gasteiger charge is -2.13. The van der Waals surface area contributed by atoms with Crippen LogP contribution in [0.3, 0.4) is 0 Å². The molecule has 0 aromatic heterocycles. The second kappa shape index (κ2) is 6.14. The summed E-state index contributed by atoms with van der Waals surface area (Å²) in [4.78, 5) is 0. The van der Waals surface area contributed by atoms with Gasteiger partial charge in [-0.2, -0.15) is 0 Å². The van der Waals surface area contributed by atoms with E-state index in [9.17, 15) is 13.5 Å². The van der Waals surface area contributed by atoms with Crippen molar-refractivity contribution >= 4 is 10.0 Å². The standard InChI is InChI=1S/C12H19NO3S/c1-10(2)9-17(15,16)13-8-12(14)11-6-4-3-5-7-11/h3-7,10,12-14H,8-9H2,1-2H3. The molecule has 1 aromatic carbocycles. The molecular weight excluding hydrogens is 238 g/mol. The number of rotatable bonds is 6. The molecule has 0 fully saturated rings. The van der Waals surface area contributed by atoms with E-state index >= 15 is 0 Å². The Hall–Kier alpha value is -0.910. The third-order valence-electron chi connectivity index (χ3n) is 2.23. The maximum Gasteiger partial charge on any atom is 0.211 e. The predicted octanol–water partition coefficient (Wildman–Crippen LogP) is 1.30. The van der Waals surface area contributed by atoms with Crippen LogP contribution in [0.25, 0.3) is 0 Å². The van der Waals surface area contributed by atoms with Crippen molar-refractivity contribution in [2.24, 2.45) is 5.92 Å². The maximum atomic E-state index is 11.6. The summed E-state index contributed by atoms with van der Waals surface area (Å²) in [5, 5.41) is 9.79. The van der Waals surface area contributed by atoms with Crippen molar-refractivity contribution < 1.29 is 13.5 Å². The minimum Gasteiger partial charge on any atom is -0.387 e. The normalized spacial score (nSPS) is 13.9. The van der Waals surface area contributed by atoms with Gasteiger partial charge in [0, 0.05) is 6.54 Å². The van der Waals surface area contributed by atoms with Crippen LogP contribution in [0.2, 0.25) is 0 Å². The lowest BCUT2D eigenvalue weighted by Crippen LogP contribution is -2.32. The molecule has 5 heteroatoms. The van der Waals surface area contributed by atoms with Gasteiger partial charge in [-0.1, -0.05) is 44.2 Å². The largest absolute Gasteiger partial charge is 0.387 e. The fourth-order valence-corrected chi connectivity index (χ4v) is 2.90. The van der Waals surface area contributed by atoms with E-state index in [1.807, 2.05) is 19.9 Å². The summed E-state index contributed by atoms with van der Waals surface area (Å²) in [7, 11) is -3.29. The second-order valence-electron chi connectivity index (χ2n) is 4.45. The Morgan fingerprint density at radius 3 is 2.35 bits per heavy atom. The quantitative estimate of drug-likeness (QED) is 0.807. The van der Waals surface area contributed by atoms with Crippen LogP contribution >= 0.6 is 0 Å². The Kier molecular flexibility index (Phi) is 5.11. The number of nitrogens with one attached hydrogen (secondary N) is 1. The molecule has 0 saturated heterocycles. The summed E-state index contributed by atoms with van der Waals surface area (Å²) in [6.07, 6.45) is -0.807. The average molecular weight is 257 g/mol. The summed E-state index contributed by atoms with van der Waals surface area (Å²) >= 11 is 0. The van der Waals surface area contributed by atoms with Crippen LogP contribution in [0.5, 0.6) is 0 Å². The third kappa shape index (κ3) is 5.30. The van der Waals surface area contributed by atoms with Crippen molar-refractivity contribution in [3.8, 4) is 0 Å². The first-order valence-electron chi connectivity index (χ1n) is 5.61. The highest BCUT2D eigenvalue weighted by Gasteiger charge is 2.15. The van der Waals surface area contributed by atoms with Crippen LogP contribution in [0, 0.1) is 5.92 Å². The maximum absolute atomic E-state index is 11.6. The first kappa shape index (κ1) is 14.2. The van der Waals surface area contributed by atoms with E-state index in [2.05, 4.69) is 4.72 Å². The SMILES string of the molecule is CC(C)CS(=O)(=O)NCC(O)c1ccccc1. The van der Waals surface area contributed by atoms with Crippen molar-refractivity contribution in [2.75, 3.05) is 12.3 Å². The van der Waals surface area contributed by atoms with Gasteiger partial charge in [-0.05, 0) is 11.5 Å². The van der Waals surface area contributed by atoms with E-state index in [4.69, 9.17) is 0 Å². The van der Waals surface area contributed by atoms with E-state index in [0.717, 1.165) is 0 Å². The molecule has 0 heterocycles. The molecule has 0 aliphatic heterocycles. The fourth-order valence-electron chi connectivity index (χ4n) is 1.50. The molecule has 1 rings (SSSR count). The second-order valence-corrected chi connectivity index (χ2v) is 6.30. The van der Waals surface area contributed by atoms with E-state index in [0.29, 0.717) is 5.56 Å². The molecule has 0 radical (unpaired) electrons. The zero-order chi connectivity index (χ0) is 12.9. The Labute approximate surface area is 103 Å². The number of benzene rings is 1. The minimum absolute atomic E-state index is 0.0130. The molecule has 0 spiro atoms. The van der Waals surface area contributed by atoms with Gasteiger partial charge in [0.25, 0.3) is 0 Å². The molecule has 17 heavy (non-hydrogen) atoms. The molecular formula is C12H19NO3S. The third-order valence-corrected chi connectivity index (χ3v) is 3.95. The van der Waals surface area contributed by atoms with Gasteiger partial charge in [-0.3, -0.25) is 0 Å². The Balaban J connectivity index is 2.51. The highest BCUT2D eigenvalue weighted by Crippen LogP contribution is 2.11. The smallest absolute Gasteiger partial charge is 0.211 e. The number of hydrogen-bond acceptors (Lipinski definition) is 3. The van der Waals surface area contributed by atoms with E-state index < -0.39 is 16.1 Å². The molecule has 1 atom stereocenters. The summed E-state index contributed by atoms with van der Waals surface area (Å²) in [6, 6.07) is 8.99. The van der Waals surface area contributed by atoms with Gasteiger partial charge < -0.3 is 5.11 Å². The monoisotopic (exact) mass is 257 g/mol. The average Bonchev–Trinajstić information content (AvgIpc) is 2.25. The van der Waals surface area contributed by atoms with Gasteiger partial charge in [0.05, 0.1) is 11.9 Å². The van der Waals surface area contributed by atoms with Crippen molar-refractivity contribution in [2.45, 2.75) is 20.0 Å². The van der Waals surface area contributed by atoms with Crippen LogP contribution < -0.4 is 4.72 Å². The molecule has 0 aliphatic rings. The van der Waals surface area contributed by atoms with Crippen LogP contribution in [0.1, 0.15) is 25.5 Å². The van der Waals surface area contributed by atoms with Gasteiger partial charge in [0.1, 0.15) is 0 Å². The molecule has 0 aliphatic carbocycles. The van der Waals surface area contributed by atoms with Crippen LogP contribution in [-0.4, -0.2) is 25.8 Å². The van der Waals surface area contributed by atoms with Gasteiger partial charge in [0.15, 0.2) is 0 Å². The van der Waals surface area contributed by atoms with Crippen molar-refractivity contribution in [3.63, 3.8) is 0 Å². The highest BCUT2D eigenvalue weighted by molar-refractivity contribution is 7.89. The van der Waals surface area contributed by atoms with Crippen LogP contribution in [0.4, 0.5) is 0 Å². The molecule has 0 saturated carbocycles. The van der Waals surface area contributed by atoms with Gasteiger partial charge in [-0.15, -0.1) is 0 Å².